The number of anilines is 1. The molecule has 42 heavy (non-hydrogen) atoms. The number of aryl methyl sites for hydroxylation is 1. The van der Waals surface area contributed by atoms with Gasteiger partial charge in [-0.2, -0.15) is 0 Å². The minimum Gasteiger partial charge on any atom is -0.369 e. The number of amides is 1. The lowest BCUT2D eigenvalue weighted by molar-refractivity contribution is 0.0668. The molecule has 2 fully saturated rings. The zero-order valence-electron chi connectivity index (χ0n) is 26.6. The van der Waals surface area contributed by atoms with Crippen molar-refractivity contribution in [3.63, 3.8) is 0 Å². The number of hydrogen-bond acceptors (Lipinski definition) is 5. The smallest absolute Gasteiger partial charge is 0.255 e. The Kier molecular flexibility index (Phi) is 15.2. The summed E-state index contributed by atoms with van der Waals surface area (Å²) in [6.07, 6.45) is 3.75. The van der Waals surface area contributed by atoms with E-state index in [9.17, 15) is 4.79 Å². The van der Waals surface area contributed by atoms with Crippen molar-refractivity contribution in [2.75, 3.05) is 57.3 Å². The van der Waals surface area contributed by atoms with E-state index in [-0.39, 0.29) is 5.91 Å². The normalized spacial score (nSPS) is 16.0. The molecule has 0 atom stereocenters. The van der Waals surface area contributed by atoms with Crippen molar-refractivity contribution in [3.05, 3.63) is 87.2 Å². The van der Waals surface area contributed by atoms with Gasteiger partial charge in [-0.3, -0.25) is 9.69 Å². The summed E-state index contributed by atoms with van der Waals surface area (Å²) < 4.78 is 0. The molecule has 2 saturated heterocycles. The quantitative estimate of drug-likeness (QED) is 0.297. The van der Waals surface area contributed by atoms with Crippen LogP contribution in [0.5, 0.6) is 0 Å². The summed E-state index contributed by atoms with van der Waals surface area (Å²) >= 11 is 13.4. The highest BCUT2D eigenvalue weighted by molar-refractivity contribution is 6.38. The fourth-order valence-electron chi connectivity index (χ4n) is 5.02. The van der Waals surface area contributed by atoms with E-state index in [0.717, 1.165) is 43.1 Å². The summed E-state index contributed by atoms with van der Waals surface area (Å²) in [5.41, 5.74) is 4.83. The van der Waals surface area contributed by atoms with Gasteiger partial charge in [0.1, 0.15) is 5.82 Å². The monoisotopic (exact) mass is 613 g/mol. The standard InChI is InChI=1S/C30H37Cl2N5O.2C2H6/c1-5-28(33-20-22(2)3)36-16-18-37(19-17-36)30(38)24-10-11-26(31)25(29(24)32)21-34-12-14-35(15-13-34)27-9-7-6-8-23(27)4;2*1-2/h5-11,20H,2,12-19,21H2,1,3-4H3;2*1-2H3/b28-5+,33-20-;;. The van der Waals surface area contributed by atoms with Crippen LogP contribution in [-0.4, -0.2) is 79.2 Å². The Hall–Kier alpha value is -2.80. The van der Waals surface area contributed by atoms with E-state index in [1.54, 1.807) is 18.3 Å². The number of halogens is 2. The van der Waals surface area contributed by atoms with Crippen LogP contribution in [0.25, 0.3) is 0 Å². The maximum atomic E-state index is 13.5. The maximum absolute atomic E-state index is 13.5. The molecule has 0 saturated carbocycles. The van der Waals surface area contributed by atoms with Crippen molar-refractivity contribution < 1.29 is 4.79 Å². The van der Waals surface area contributed by atoms with Crippen LogP contribution in [0.3, 0.4) is 0 Å². The van der Waals surface area contributed by atoms with Gasteiger partial charge in [0.05, 0.1) is 10.6 Å². The molecule has 2 aromatic carbocycles. The highest BCUT2D eigenvalue weighted by Gasteiger charge is 2.27. The molecule has 1 amide bonds. The van der Waals surface area contributed by atoms with Crippen LogP contribution in [0.2, 0.25) is 10.0 Å². The number of rotatable bonds is 7. The Morgan fingerprint density at radius 2 is 1.50 bits per heavy atom. The Labute approximate surface area is 264 Å². The minimum atomic E-state index is -0.0515. The first kappa shape index (κ1) is 35.4. The van der Waals surface area contributed by atoms with Crippen LogP contribution in [0.1, 0.15) is 63.0 Å². The zero-order chi connectivity index (χ0) is 31.2. The van der Waals surface area contributed by atoms with Crippen molar-refractivity contribution in [3.8, 4) is 0 Å². The average Bonchev–Trinajstić information content (AvgIpc) is 3.02. The summed E-state index contributed by atoms with van der Waals surface area (Å²) in [7, 11) is 0. The zero-order valence-corrected chi connectivity index (χ0v) is 28.1. The molecule has 230 valence electrons. The topological polar surface area (TPSA) is 42.4 Å². The lowest BCUT2D eigenvalue weighted by Gasteiger charge is -2.37. The van der Waals surface area contributed by atoms with Crippen molar-refractivity contribution in [2.24, 2.45) is 4.99 Å². The largest absolute Gasteiger partial charge is 0.369 e. The molecule has 0 unspecified atom stereocenters. The van der Waals surface area contributed by atoms with Gasteiger partial charge in [-0.15, -0.1) is 0 Å². The highest BCUT2D eigenvalue weighted by atomic mass is 35.5. The molecular weight excluding hydrogens is 565 g/mol. The molecule has 6 nitrogen and oxygen atoms in total. The van der Waals surface area contributed by atoms with Gasteiger partial charge in [0.25, 0.3) is 5.91 Å². The number of hydrogen-bond donors (Lipinski definition) is 0. The first-order valence-electron chi connectivity index (χ1n) is 15.2. The summed E-state index contributed by atoms with van der Waals surface area (Å²) in [5.74, 6) is 0.846. The Morgan fingerprint density at radius 1 is 0.905 bits per heavy atom. The molecule has 2 aromatic rings. The molecular formula is C34H49Cl2N5O. The third-order valence-electron chi connectivity index (χ3n) is 7.19. The van der Waals surface area contributed by atoms with Gasteiger partial charge in [-0.25, -0.2) is 4.99 Å². The lowest BCUT2D eigenvalue weighted by Crippen LogP contribution is -2.48. The molecule has 0 bridgehead atoms. The van der Waals surface area contributed by atoms with Gasteiger partial charge >= 0.3 is 0 Å². The summed E-state index contributed by atoms with van der Waals surface area (Å²) in [6.45, 7) is 24.9. The van der Waals surface area contributed by atoms with Gasteiger partial charge < -0.3 is 14.7 Å². The first-order chi connectivity index (χ1) is 20.3. The third-order valence-corrected chi connectivity index (χ3v) is 7.98. The molecule has 0 spiro atoms. The Bertz CT molecular complexity index is 1230. The van der Waals surface area contributed by atoms with Crippen LogP contribution in [0, 0.1) is 6.92 Å². The van der Waals surface area contributed by atoms with E-state index in [2.05, 4.69) is 57.5 Å². The van der Waals surface area contributed by atoms with E-state index in [1.165, 1.54) is 11.3 Å². The van der Waals surface area contributed by atoms with Gasteiger partial charge in [0, 0.05) is 81.4 Å². The number of carbonyl (C=O) groups is 1. The molecule has 2 heterocycles. The van der Waals surface area contributed by atoms with E-state index >= 15 is 0 Å². The van der Waals surface area contributed by atoms with Gasteiger partial charge in [-0.1, -0.05) is 75.7 Å². The van der Waals surface area contributed by atoms with Crippen LogP contribution in [-0.2, 0) is 6.54 Å². The van der Waals surface area contributed by atoms with Crippen LogP contribution < -0.4 is 4.90 Å². The predicted octanol–water partition coefficient (Wildman–Crippen LogP) is 7.94. The van der Waals surface area contributed by atoms with Crippen molar-refractivity contribution in [1.82, 2.24) is 14.7 Å². The summed E-state index contributed by atoms with van der Waals surface area (Å²) in [4.78, 5) is 26.8. The molecule has 0 aromatic heterocycles. The van der Waals surface area contributed by atoms with E-state index in [0.29, 0.717) is 48.3 Å². The highest BCUT2D eigenvalue weighted by Crippen LogP contribution is 2.31. The average molecular weight is 615 g/mol. The number of para-hydroxylation sites is 1. The van der Waals surface area contributed by atoms with Crippen molar-refractivity contribution >= 4 is 41.0 Å². The van der Waals surface area contributed by atoms with Crippen molar-refractivity contribution in [2.45, 2.75) is 55.0 Å². The second-order valence-corrected chi connectivity index (χ2v) is 10.8. The van der Waals surface area contributed by atoms with Crippen molar-refractivity contribution in [1.29, 1.82) is 0 Å². The predicted molar refractivity (Wildman–Crippen MR) is 182 cm³/mol. The maximum Gasteiger partial charge on any atom is 0.255 e. The molecule has 4 rings (SSSR count). The van der Waals surface area contributed by atoms with Gasteiger partial charge in [0.15, 0.2) is 0 Å². The molecule has 2 aliphatic heterocycles. The number of piperazine rings is 2. The summed E-state index contributed by atoms with van der Waals surface area (Å²) in [5, 5.41) is 1.07. The fourth-order valence-corrected chi connectivity index (χ4v) is 5.59. The lowest BCUT2D eigenvalue weighted by atomic mass is 10.1. The molecule has 2 aliphatic rings. The van der Waals surface area contributed by atoms with E-state index < -0.39 is 0 Å². The van der Waals surface area contributed by atoms with Crippen LogP contribution >= 0.6 is 23.2 Å². The number of allylic oxidation sites excluding steroid dienone is 2. The minimum absolute atomic E-state index is 0.0515. The number of aliphatic imine (C=N–C) groups is 1. The number of nitrogens with zero attached hydrogens (tertiary/aromatic N) is 5. The molecule has 0 N–H and O–H groups in total. The number of carbonyl (C=O) groups excluding carboxylic acids is 1. The van der Waals surface area contributed by atoms with Gasteiger partial charge in [0.2, 0.25) is 0 Å². The SMILES string of the molecule is C=C(C)/C=N\C(=C/C)N1CCN(C(=O)c2ccc(Cl)c(CN3CCN(c4ccccc4C)CC3)c2Cl)CC1.CC.CC. The first-order valence-corrected chi connectivity index (χ1v) is 15.9. The van der Waals surface area contributed by atoms with Gasteiger partial charge in [-0.05, 0) is 56.2 Å². The second kappa shape index (κ2) is 18.0. The second-order valence-electron chi connectivity index (χ2n) is 9.97. The summed E-state index contributed by atoms with van der Waals surface area (Å²) in [6, 6.07) is 12.1. The van der Waals surface area contributed by atoms with E-state index in [4.69, 9.17) is 23.2 Å². The Morgan fingerprint density at radius 3 is 2.07 bits per heavy atom. The van der Waals surface area contributed by atoms with E-state index in [1.807, 2.05) is 52.5 Å². The van der Waals surface area contributed by atoms with Crippen LogP contribution in [0.4, 0.5) is 5.69 Å². The Balaban J connectivity index is 0.00000148. The fraction of sp³-hybridized carbons (Fsp3) is 0.471. The molecule has 0 radical (unpaired) electrons. The number of benzene rings is 2. The third kappa shape index (κ3) is 9.35. The molecule has 8 heteroatoms. The molecule has 0 aliphatic carbocycles. The van der Waals surface area contributed by atoms with Crippen LogP contribution in [0.15, 0.2) is 65.4 Å².